The molecule has 3 N–H and O–H groups in total. The molecule has 192 valence electrons. The van der Waals surface area contributed by atoms with Crippen molar-refractivity contribution in [1.82, 2.24) is 10.6 Å². The molecule has 5 rings (SSSR count). The minimum absolute atomic E-state index is 0.0767. The average molecular weight is 531 g/mol. The van der Waals surface area contributed by atoms with Crippen molar-refractivity contribution in [2.75, 3.05) is 36.5 Å². The Morgan fingerprint density at radius 1 is 1.08 bits per heavy atom. The molecule has 2 heterocycles. The molecular weight excluding hydrogens is 500 g/mol. The van der Waals surface area contributed by atoms with Crippen LogP contribution < -0.4 is 20.9 Å². The van der Waals surface area contributed by atoms with Crippen LogP contribution in [0.25, 0.3) is 0 Å². The molecule has 2 aliphatic carbocycles. The Bertz CT molecular complexity index is 1100. The second-order valence-electron chi connectivity index (χ2n) is 9.72. The number of halogens is 1. The van der Waals surface area contributed by atoms with Crippen molar-refractivity contribution in [1.29, 1.82) is 0 Å². The Morgan fingerprint density at radius 2 is 1.83 bits per heavy atom. The van der Waals surface area contributed by atoms with Crippen molar-refractivity contribution in [3.05, 3.63) is 45.6 Å². The zero-order valence-electron chi connectivity index (χ0n) is 20.0. The first-order valence-corrected chi connectivity index (χ1v) is 13.8. The van der Waals surface area contributed by atoms with Gasteiger partial charge in [-0.2, -0.15) is 0 Å². The second-order valence-corrected chi connectivity index (χ2v) is 11.4. The van der Waals surface area contributed by atoms with Crippen molar-refractivity contribution in [2.45, 2.75) is 44.2 Å². The maximum absolute atomic E-state index is 13.4. The molecule has 3 amide bonds. The van der Waals surface area contributed by atoms with Crippen LogP contribution in [0.5, 0.6) is 0 Å². The molecule has 1 saturated heterocycles. The fourth-order valence-corrected chi connectivity index (χ4v) is 5.79. The summed E-state index contributed by atoms with van der Waals surface area (Å²) in [6.45, 7) is 1.27. The zero-order chi connectivity index (χ0) is 25.1. The molecule has 0 radical (unpaired) electrons. The number of nitrogens with one attached hydrogen (secondary N) is 3. The van der Waals surface area contributed by atoms with E-state index in [1.165, 1.54) is 43.4 Å². The molecule has 8 nitrogen and oxygen atoms in total. The van der Waals surface area contributed by atoms with E-state index in [1.807, 2.05) is 12.1 Å². The highest BCUT2D eigenvalue weighted by atomic mass is 35.5. The largest absolute Gasteiger partial charge is 0.370 e. The van der Waals surface area contributed by atoms with Gasteiger partial charge in [0, 0.05) is 30.5 Å². The smallest absolute Gasteiger partial charge is 0.261 e. The number of hydrogen-bond donors (Lipinski definition) is 3. The number of rotatable bonds is 10. The number of morpholine rings is 1. The quantitative estimate of drug-likeness (QED) is 0.435. The second kappa shape index (κ2) is 11.3. The molecule has 3 fully saturated rings. The Morgan fingerprint density at radius 3 is 2.44 bits per heavy atom. The highest BCUT2D eigenvalue weighted by Crippen LogP contribution is 2.42. The molecule has 0 bridgehead atoms. The summed E-state index contributed by atoms with van der Waals surface area (Å²) in [4.78, 5) is 40.3. The molecule has 1 aromatic carbocycles. The van der Waals surface area contributed by atoms with Gasteiger partial charge in [0.25, 0.3) is 11.8 Å². The van der Waals surface area contributed by atoms with Gasteiger partial charge in [-0.3, -0.25) is 14.4 Å². The number of hydrogen-bond acceptors (Lipinski definition) is 6. The van der Waals surface area contributed by atoms with Gasteiger partial charge in [-0.25, -0.2) is 0 Å². The van der Waals surface area contributed by atoms with Crippen LogP contribution in [0.2, 0.25) is 4.34 Å². The fraction of sp³-hybridized carbons (Fsp3) is 0.500. The lowest BCUT2D eigenvalue weighted by molar-refractivity contribution is -0.125. The number of carbonyl (C=O) groups excluding carboxylic acids is 3. The molecule has 2 aromatic rings. The van der Waals surface area contributed by atoms with Gasteiger partial charge in [-0.15, -0.1) is 11.3 Å². The Hall–Kier alpha value is -2.46. The maximum atomic E-state index is 13.4. The SMILES string of the molecule is O=C(NC[C@@H](NC(C1CCC1)C1CC1)C(=O)Nc1ccc(N2CCOCC2=O)cc1)c1ccc(Cl)s1. The summed E-state index contributed by atoms with van der Waals surface area (Å²) in [6, 6.07) is 10.3. The number of carbonyl (C=O) groups is 3. The number of nitrogens with zero attached hydrogens (tertiary/aromatic N) is 1. The molecular formula is C26H31ClN4O4S. The topological polar surface area (TPSA) is 99.8 Å². The third-order valence-corrected chi connectivity index (χ3v) is 8.42. The summed E-state index contributed by atoms with van der Waals surface area (Å²) >= 11 is 7.19. The zero-order valence-corrected chi connectivity index (χ0v) is 21.6. The monoisotopic (exact) mass is 530 g/mol. The highest BCUT2D eigenvalue weighted by Gasteiger charge is 2.40. The standard InChI is InChI=1S/C26H31ClN4O4S/c27-22-11-10-21(36-22)26(34)28-14-20(30-24(17-4-5-17)16-2-1-3-16)25(33)29-18-6-8-19(9-7-18)31-12-13-35-15-23(31)32/h6-11,16-17,20,24,30H,1-5,12-15H2,(H,28,34)(H,29,33)/t20-,24?/m1/s1. The van der Waals surface area contributed by atoms with Crippen LogP contribution in [0.4, 0.5) is 11.4 Å². The summed E-state index contributed by atoms with van der Waals surface area (Å²) in [6.07, 6.45) is 5.98. The first-order valence-electron chi connectivity index (χ1n) is 12.6. The molecule has 2 atom stereocenters. The van der Waals surface area contributed by atoms with E-state index in [1.54, 1.807) is 29.2 Å². The van der Waals surface area contributed by atoms with Crippen LogP contribution in [0.15, 0.2) is 36.4 Å². The minimum Gasteiger partial charge on any atom is -0.370 e. The summed E-state index contributed by atoms with van der Waals surface area (Å²) in [7, 11) is 0. The lowest BCUT2D eigenvalue weighted by Crippen LogP contribution is -2.55. The summed E-state index contributed by atoms with van der Waals surface area (Å²) in [5.74, 6) is 0.678. The molecule has 1 aromatic heterocycles. The first kappa shape index (κ1) is 25.2. The third kappa shape index (κ3) is 6.08. The van der Waals surface area contributed by atoms with E-state index in [0.29, 0.717) is 39.9 Å². The van der Waals surface area contributed by atoms with Gasteiger partial charge < -0.3 is 25.6 Å². The van der Waals surface area contributed by atoms with Gasteiger partial charge in [0.15, 0.2) is 0 Å². The predicted molar refractivity (Wildman–Crippen MR) is 141 cm³/mol. The van der Waals surface area contributed by atoms with Crippen LogP contribution in [-0.4, -0.2) is 56.1 Å². The fourth-order valence-electron chi connectivity index (χ4n) is 4.83. The van der Waals surface area contributed by atoms with Crippen LogP contribution in [0.1, 0.15) is 41.8 Å². The van der Waals surface area contributed by atoms with Gasteiger partial charge in [0.05, 0.1) is 15.8 Å². The van der Waals surface area contributed by atoms with Gasteiger partial charge in [0.2, 0.25) is 5.91 Å². The lowest BCUT2D eigenvalue weighted by atomic mass is 9.77. The number of ether oxygens (including phenoxy) is 1. The summed E-state index contributed by atoms with van der Waals surface area (Å²) in [5, 5.41) is 9.50. The number of thiophene rings is 1. The van der Waals surface area contributed by atoms with Gasteiger partial charge >= 0.3 is 0 Å². The Labute approximate surface area is 219 Å². The maximum Gasteiger partial charge on any atom is 0.261 e. The van der Waals surface area contributed by atoms with Crippen LogP contribution in [-0.2, 0) is 14.3 Å². The van der Waals surface area contributed by atoms with Gasteiger partial charge in [0.1, 0.15) is 12.6 Å². The highest BCUT2D eigenvalue weighted by molar-refractivity contribution is 7.18. The van der Waals surface area contributed by atoms with Crippen molar-refractivity contribution in [3.8, 4) is 0 Å². The van der Waals surface area contributed by atoms with E-state index in [2.05, 4.69) is 16.0 Å². The van der Waals surface area contributed by atoms with E-state index in [-0.39, 0.29) is 36.9 Å². The number of benzene rings is 1. The molecule has 2 saturated carbocycles. The number of amides is 3. The van der Waals surface area contributed by atoms with Crippen LogP contribution in [0, 0.1) is 11.8 Å². The van der Waals surface area contributed by atoms with Gasteiger partial charge in [-0.05, 0) is 73.9 Å². The lowest BCUT2D eigenvalue weighted by Gasteiger charge is -2.37. The van der Waals surface area contributed by atoms with E-state index >= 15 is 0 Å². The summed E-state index contributed by atoms with van der Waals surface area (Å²) < 4.78 is 5.75. The molecule has 0 spiro atoms. The molecule has 1 unspecified atom stereocenters. The van der Waals surface area contributed by atoms with Crippen molar-refractivity contribution in [3.63, 3.8) is 0 Å². The molecule has 36 heavy (non-hydrogen) atoms. The Balaban J connectivity index is 1.25. The van der Waals surface area contributed by atoms with E-state index in [9.17, 15) is 14.4 Å². The van der Waals surface area contributed by atoms with Crippen molar-refractivity contribution < 1.29 is 19.1 Å². The molecule has 3 aliphatic rings. The third-order valence-electron chi connectivity index (χ3n) is 7.19. The van der Waals surface area contributed by atoms with Crippen molar-refractivity contribution in [2.24, 2.45) is 11.8 Å². The minimum atomic E-state index is -0.573. The van der Waals surface area contributed by atoms with Crippen molar-refractivity contribution >= 4 is 52.0 Å². The molecule has 1 aliphatic heterocycles. The van der Waals surface area contributed by atoms with Crippen LogP contribution in [0.3, 0.4) is 0 Å². The summed E-state index contributed by atoms with van der Waals surface area (Å²) in [5.41, 5.74) is 1.41. The normalized spacial score (nSPS) is 19.9. The predicted octanol–water partition coefficient (Wildman–Crippen LogP) is 3.67. The first-order chi connectivity index (χ1) is 17.5. The van der Waals surface area contributed by atoms with Gasteiger partial charge in [-0.1, -0.05) is 18.0 Å². The van der Waals surface area contributed by atoms with Crippen LogP contribution >= 0.6 is 22.9 Å². The van der Waals surface area contributed by atoms with E-state index in [4.69, 9.17) is 16.3 Å². The van der Waals surface area contributed by atoms with E-state index in [0.717, 1.165) is 5.69 Å². The van der Waals surface area contributed by atoms with E-state index < -0.39 is 6.04 Å². The number of anilines is 2. The average Bonchev–Trinajstić information content (AvgIpc) is 3.60. The Kier molecular flexibility index (Phi) is 7.90. The molecule has 10 heteroatoms.